The topological polar surface area (TPSA) is 71.8 Å². The summed E-state index contributed by atoms with van der Waals surface area (Å²) in [5.74, 6) is 0.00477. The fourth-order valence-electron chi connectivity index (χ4n) is 3.12. The highest BCUT2D eigenvalue weighted by Crippen LogP contribution is 2.24. The summed E-state index contributed by atoms with van der Waals surface area (Å²) in [7, 11) is 0. The first-order chi connectivity index (χ1) is 14.7. The number of aromatic nitrogens is 3. The molecule has 0 aliphatic carbocycles. The Morgan fingerprint density at radius 3 is 2.43 bits per heavy atom. The van der Waals surface area contributed by atoms with Gasteiger partial charge in [-0.25, -0.2) is 4.68 Å². The Hall–Kier alpha value is -3.93. The molecule has 2 aromatic heterocycles. The first-order valence-corrected chi connectivity index (χ1v) is 9.91. The third-order valence-electron chi connectivity index (χ3n) is 4.72. The predicted molar refractivity (Wildman–Crippen MR) is 119 cm³/mol. The minimum atomic E-state index is 0.00477. The number of nitrogens with zero attached hydrogens (tertiary/aromatic N) is 3. The number of benzene rings is 2. The molecule has 4 rings (SSSR count). The lowest BCUT2D eigenvalue weighted by atomic mass is 10.1. The number of pyridine rings is 1. The fourth-order valence-corrected chi connectivity index (χ4v) is 3.12. The van der Waals surface area contributed by atoms with Crippen molar-refractivity contribution < 1.29 is 4.79 Å². The summed E-state index contributed by atoms with van der Waals surface area (Å²) < 4.78 is 1.89. The SMILES string of the molecule is CCC(=O)Nc1ccc(NCc2cn(-c3ccccc3)nc2-c2cccnc2)cc1. The molecular weight excluding hydrogens is 374 g/mol. The van der Waals surface area contributed by atoms with E-state index in [-0.39, 0.29) is 5.91 Å². The van der Waals surface area contributed by atoms with Gasteiger partial charge in [-0.1, -0.05) is 25.1 Å². The van der Waals surface area contributed by atoms with Crippen molar-refractivity contribution in [2.45, 2.75) is 19.9 Å². The number of anilines is 2. The molecule has 2 N–H and O–H groups in total. The molecule has 0 aliphatic rings. The molecule has 2 aromatic carbocycles. The molecular formula is C24H23N5O. The summed E-state index contributed by atoms with van der Waals surface area (Å²) in [5.41, 5.74) is 5.70. The summed E-state index contributed by atoms with van der Waals surface area (Å²) in [6.07, 6.45) is 6.09. The van der Waals surface area contributed by atoms with Crippen LogP contribution in [0.15, 0.2) is 85.3 Å². The van der Waals surface area contributed by atoms with Crippen LogP contribution in [0.2, 0.25) is 0 Å². The number of rotatable bonds is 7. The highest BCUT2D eigenvalue weighted by Gasteiger charge is 2.12. The molecule has 2 heterocycles. The van der Waals surface area contributed by atoms with Crippen LogP contribution in [0.3, 0.4) is 0 Å². The van der Waals surface area contributed by atoms with Crippen LogP contribution in [0.25, 0.3) is 16.9 Å². The van der Waals surface area contributed by atoms with Crippen LogP contribution in [0.5, 0.6) is 0 Å². The second kappa shape index (κ2) is 9.05. The lowest BCUT2D eigenvalue weighted by molar-refractivity contribution is -0.115. The van der Waals surface area contributed by atoms with Crippen molar-refractivity contribution in [3.8, 4) is 16.9 Å². The highest BCUT2D eigenvalue weighted by atomic mass is 16.1. The Labute approximate surface area is 175 Å². The van der Waals surface area contributed by atoms with E-state index in [1.54, 1.807) is 6.20 Å². The molecule has 1 amide bonds. The second-order valence-electron chi connectivity index (χ2n) is 6.86. The number of hydrogen-bond donors (Lipinski definition) is 2. The molecule has 0 unspecified atom stereocenters. The van der Waals surface area contributed by atoms with E-state index in [0.29, 0.717) is 13.0 Å². The van der Waals surface area contributed by atoms with Crippen LogP contribution in [0, 0.1) is 0 Å². The zero-order chi connectivity index (χ0) is 20.8. The zero-order valence-corrected chi connectivity index (χ0v) is 16.7. The first kappa shape index (κ1) is 19.4. The van der Waals surface area contributed by atoms with Crippen molar-refractivity contribution in [2.75, 3.05) is 10.6 Å². The van der Waals surface area contributed by atoms with E-state index < -0.39 is 0 Å². The van der Waals surface area contributed by atoms with Crippen LogP contribution in [-0.4, -0.2) is 20.7 Å². The van der Waals surface area contributed by atoms with Crippen LogP contribution in [0.1, 0.15) is 18.9 Å². The van der Waals surface area contributed by atoms with E-state index in [1.165, 1.54) is 0 Å². The van der Waals surface area contributed by atoms with Gasteiger partial charge in [0.25, 0.3) is 0 Å². The van der Waals surface area contributed by atoms with Crippen molar-refractivity contribution in [2.24, 2.45) is 0 Å². The highest BCUT2D eigenvalue weighted by molar-refractivity contribution is 5.90. The molecule has 0 spiro atoms. The average molecular weight is 397 g/mol. The van der Waals surface area contributed by atoms with Gasteiger partial charge in [0.1, 0.15) is 0 Å². The fraction of sp³-hybridized carbons (Fsp3) is 0.125. The molecule has 0 saturated heterocycles. The van der Waals surface area contributed by atoms with E-state index in [1.807, 2.05) is 90.7 Å². The summed E-state index contributed by atoms with van der Waals surface area (Å²) in [6, 6.07) is 21.7. The molecule has 0 radical (unpaired) electrons. The third-order valence-corrected chi connectivity index (χ3v) is 4.72. The number of carbonyl (C=O) groups excluding carboxylic acids is 1. The van der Waals surface area contributed by atoms with Gasteiger partial charge >= 0.3 is 0 Å². The molecule has 4 aromatic rings. The summed E-state index contributed by atoms with van der Waals surface area (Å²) in [4.78, 5) is 15.8. The second-order valence-corrected chi connectivity index (χ2v) is 6.86. The van der Waals surface area contributed by atoms with Crippen molar-refractivity contribution in [3.63, 3.8) is 0 Å². The van der Waals surface area contributed by atoms with Gasteiger partial charge in [-0.3, -0.25) is 9.78 Å². The Bertz CT molecular complexity index is 1110. The standard InChI is InChI=1S/C24H23N5O/c1-2-23(30)27-21-12-10-20(11-13-21)26-16-19-17-29(22-8-4-3-5-9-22)28-24(19)18-7-6-14-25-15-18/h3-15,17,26H,2,16H2,1H3,(H,27,30). The smallest absolute Gasteiger partial charge is 0.224 e. The lowest BCUT2D eigenvalue weighted by Crippen LogP contribution is -2.09. The van der Waals surface area contributed by atoms with Gasteiger partial charge in [-0.2, -0.15) is 5.10 Å². The minimum Gasteiger partial charge on any atom is -0.381 e. The molecule has 150 valence electrons. The van der Waals surface area contributed by atoms with Gasteiger partial charge < -0.3 is 10.6 Å². The van der Waals surface area contributed by atoms with Gasteiger partial charge in [-0.05, 0) is 48.5 Å². The van der Waals surface area contributed by atoms with Crippen molar-refractivity contribution in [1.82, 2.24) is 14.8 Å². The number of carbonyl (C=O) groups is 1. The third kappa shape index (κ3) is 4.55. The number of amides is 1. The van der Waals surface area contributed by atoms with Crippen molar-refractivity contribution in [3.05, 3.63) is 90.9 Å². The summed E-state index contributed by atoms with van der Waals surface area (Å²) in [5, 5.41) is 11.1. The first-order valence-electron chi connectivity index (χ1n) is 9.91. The van der Waals surface area contributed by atoms with Gasteiger partial charge in [0.15, 0.2) is 0 Å². The van der Waals surface area contributed by atoms with E-state index in [0.717, 1.165) is 33.9 Å². The molecule has 6 heteroatoms. The molecule has 0 saturated carbocycles. The maximum Gasteiger partial charge on any atom is 0.224 e. The van der Waals surface area contributed by atoms with Crippen molar-refractivity contribution in [1.29, 1.82) is 0 Å². The van der Waals surface area contributed by atoms with Gasteiger partial charge in [0.2, 0.25) is 5.91 Å². The largest absolute Gasteiger partial charge is 0.381 e. The van der Waals surface area contributed by atoms with Gasteiger partial charge in [-0.15, -0.1) is 0 Å². The van der Waals surface area contributed by atoms with E-state index in [9.17, 15) is 4.79 Å². The zero-order valence-electron chi connectivity index (χ0n) is 16.7. The van der Waals surface area contributed by atoms with E-state index in [4.69, 9.17) is 5.10 Å². The number of hydrogen-bond acceptors (Lipinski definition) is 4. The van der Waals surface area contributed by atoms with Crippen LogP contribution in [-0.2, 0) is 11.3 Å². The van der Waals surface area contributed by atoms with Crippen LogP contribution in [0.4, 0.5) is 11.4 Å². The van der Waals surface area contributed by atoms with E-state index >= 15 is 0 Å². The predicted octanol–water partition coefficient (Wildman–Crippen LogP) is 4.89. The lowest BCUT2D eigenvalue weighted by Gasteiger charge is -2.08. The maximum absolute atomic E-state index is 11.5. The number of para-hydroxylation sites is 1. The Balaban J connectivity index is 1.56. The van der Waals surface area contributed by atoms with E-state index in [2.05, 4.69) is 15.6 Å². The number of nitrogens with one attached hydrogen (secondary N) is 2. The molecule has 0 fully saturated rings. The van der Waals surface area contributed by atoms with Crippen molar-refractivity contribution >= 4 is 17.3 Å². The maximum atomic E-state index is 11.5. The molecule has 0 atom stereocenters. The van der Waals surface area contributed by atoms with Crippen LogP contribution < -0.4 is 10.6 Å². The Kier molecular flexibility index (Phi) is 5.85. The van der Waals surface area contributed by atoms with Crippen LogP contribution >= 0.6 is 0 Å². The summed E-state index contributed by atoms with van der Waals surface area (Å²) >= 11 is 0. The molecule has 30 heavy (non-hydrogen) atoms. The quantitative estimate of drug-likeness (QED) is 0.465. The Morgan fingerprint density at radius 1 is 0.967 bits per heavy atom. The summed E-state index contributed by atoms with van der Waals surface area (Å²) in [6.45, 7) is 2.44. The van der Waals surface area contributed by atoms with Gasteiger partial charge in [0.05, 0.1) is 11.4 Å². The molecule has 6 nitrogen and oxygen atoms in total. The minimum absolute atomic E-state index is 0.00477. The monoisotopic (exact) mass is 397 g/mol. The molecule has 0 bridgehead atoms. The average Bonchev–Trinajstić information content (AvgIpc) is 3.24. The van der Waals surface area contributed by atoms with Gasteiger partial charge in [0, 0.05) is 54.1 Å². The normalized spacial score (nSPS) is 10.6. The molecule has 0 aliphatic heterocycles. The Morgan fingerprint density at radius 2 is 1.73 bits per heavy atom.